The minimum absolute atomic E-state index is 0.301. The van der Waals surface area contributed by atoms with Gasteiger partial charge in [0.15, 0.2) is 0 Å². The van der Waals surface area contributed by atoms with Crippen molar-refractivity contribution in [2.75, 3.05) is 5.73 Å². The quantitative estimate of drug-likeness (QED) is 0.621. The molecule has 0 radical (unpaired) electrons. The molecule has 0 spiro atoms. The predicted molar refractivity (Wildman–Crippen MR) is 49.6 cm³/mol. The Bertz CT molecular complexity index is 353. The van der Waals surface area contributed by atoms with Gasteiger partial charge in [0, 0.05) is 17.8 Å². The van der Waals surface area contributed by atoms with Crippen LogP contribution < -0.4 is 5.73 Å². The molecular formula is C8H12N4. The standard InChI is InChI=1S/C6H6N4.C2H6/c7-6-9-3-4-1-2-8-5(4)10-6;1-2/h1-3H,(H3,7,8,9,10);1-2H3. The number of hydrogen-bond donors (Lipinski definition) is 2. The van der Waals surface area contributed by atoms with Gasteiger partial charge in [0.25, 0.3) is 0 Å². The first kappa shape index (κ1) is 8.52. The summed E-state index contributed by atoms with van der Waals surface area (Å²) in [6.45, 7) is 4.00. The molecule has 2 rings (SSSR count). The lowest BCUT2D eigenvalue weighted by atomic mass is 10.4. The fraction of sp³-hybridized carbons (Fsp3) is 0.250. The first-order valence-corrected chi connectivity index (χ1v) is 3.92. The highest BCUT2D eigenvalue weighted by Gasteiger charge is 1.94. The van der Waals surface area contributed by atoms with Gasteiger partial charge in [0.2, 0.25) is 5.95 Å². The Kier molecular flexibility index (Phi) is 2.63. The van der Waals surface area contributed by atoms with Crippen LogP contribution in [0.2, 0.25) is 0 Å². The monoisotopic (exact) mass is 164 g/mol. The molecule has 0 aliphatic rings. The number of nitrogens with one attached hydrogen (secondary N) is 1. The molecule has 4 heteroatoms. The van der Waals surface area contributed by atoms with Crippen LogP contribution in [0.15, 0.2) is 18.5 Å². The fourth-order valence-electron chi connectivity index (χ4n) is 0.853. The van der Waals surface area contributed by atoms with Gasteiger partial charge in [-0.25, -0.2) is 4.98 Å². The molecule has 0 saturated heterocycles. The van der Waals surface area contributed by atoms with Crippen molar-refractivity contribution in [1.82, 2.24) is 15.0 Å². The lowest BCUT2D eigenvalue weighted by Gasteiger charge is -1.88. The first-order chi connectivity index (χ1) is 5.86. The zero-order valence-electron chi connectivity index (χ0n) is 7.20. The van der Waals surface area contributed by atoms with E-state index in [1.54, 1.807) is 12.4 Å². The van der Waals surface area contributed by atoms with Crippen molar-refractivity contribution in [1.29, 1.82) is 0 Å². The summed E-state index contributed by atoms with van der Waals surface area (Å²) < 4.78 is 0. The highest BCUT2D eigenvalue weighted by Crippen LogP contribution is 2.07. The van der Waals surface area contributed by atoms with Crippen LogP contribution in [-0.4, -0.2) is 15.0 Å². The summed E-state index contributed by atoms with van der Waals surface area (Å²) in [4.78, 5) is 10.7. The summed E-state index contributed by atoms with van der Waals surface area (Å²) >= 11 is 0. The minimum Gasteiger partial charge on any atom is -0.368 e. The van der Waals surface area contributed by atoms with Crippen LogP contribution in [0.3, 0.4) is 0 Å². The second-order valence-electron chi connectivity index (χ2n) is 2.01. The normalized spacial score (nSPS) is 9.17. The molecule has 2 aromatic rings. The molecule has 64 valence electrons. The van der Waals surface area contributed by atoms with Crippen molar-refractivity contribution < 1.29 is 0 Å². The molecule has 0 aliphatic carbocycles. The van der Waals surface area contributed by atoms with Gasteiger partial charge in [-0.2, -0.15) is 4.98 Å². The molecular weight excluding hydrogens is 152 g/mol. The number of nitrogen functional groups attached to an aromatic ring is 1. The van der Waals surface area contributed by atoms with Gasteiger partial charge >= 0.3 is 0 Å². The third kappa shape index (κ3) is 1.53. The number of nitrogens with zero attached hydrogens (tertiary/aromatic N) is 2. The van der Waals surface area contributed by atoms with Crippen molar-refractivity contribution in [3.63, 3.8) is 0 Å². The van der Waals surface area contributed by atoms with E-state index in [0.717, 1.165) is 11.0 Å². The Morgan fingerprint density at radius 2 is 2.17 bits per heavy atom. The number of hydrogen-bond acceptors (Lipinski definition) is 3. The van der Waals surface area contributed by atoms with Gasteiger partial charge in [0.1, 0.15) is 5.65 Å². The SMILES string of the molecule is CC.Nc1ncc2cc[nH]c2n1. The Hall–Kier alpha value is -1.58. The maximum absolute atomic E-state index is 5.34. The fourth-order valence-corrected chi connectivity index (χ4v) is 0.853. The van der Waals surface area contributed by atoms with E-state index >= 15 is 0 Å². The van der Waals surface area contributed by atoms with Gasteiger partial charge in [-0.3, -0.25) is 0 Å². The van der Waals surface area contributed by atoms with E-state index in [2.05, 4.69) is 15.0 Å². The second kappa shape index (κ2) is 3.71. The summed E-state index contributed by atoms with van der Waals surface area (Å²) in [5.74, 6) is 0.301. The van der Waals surface area contributed by atoms with Gasteiger partial charge in [-0.05, 0) is 6.07 Å². The Balaban J connectivity index is 0.000000336. The molecule has 3 N–H and O–H groups in total. The predicted octanol–water partition coefficient (Wildman–Crippen LogP) is 1.57. The van der Waals surface area contributed by atoms with E-state index in [1.165, 1.54) is 0 Å². The van der Waals surface area contributed by atoms with Crippen LogP contribution in [0.25, 0.3) is 11.0 Å². The molecule has 0 saturated carbocycles. The van der Waals surface area contributed by atoms with Gasteiger partial charge < -0.3 is 10.7 Å². The average Bonchev–Trinajstić information content (AvgIpc) is 2.54. The van der Waals surface area contributed by atoms with Crippen molar-refractivity contribution >= 4 is 17.0 Å². The van der Waals surface area contributed by atoms with E-state index < -0.39 is 0 Å². The number of fused-ring (bicyclic) bond motifs is 1. The third-order valence-corrected chi connectivity index (χ3v) is 1.32. The lowest BCUT2D eigenvalue weighted by molar-refractivity contribution is 1.22. The van der Waals surface area contributed by atoms with Crippen LogP contribution in [0.5, 0.6) is 0 Å². The largest absolute Gasteiger partial charge is 0.368 e. The third-order valence-electron chi connectivity index (χ3n) is 1.32. The van der Waals surface area contributed by atoms with Gasteiger partial charge in [0.05, 0.1) is 0 Å². The average molecular weight is 164 g/mol. The second-order valence-corrected chi connectivity index (χ2v) is 2.01. The molecule has 0 atom stereocenters. The molecule has 0 aliphatic heterocycles. The van der Waals surface area contributed by atoms with Crippen LogP contribution in [0.1, 0.15) is 13.8 Å². The number of H-pyrrole nitrogens is 1. The molecule has 0 amide bonds. The number of nitrogens with two attached hydrogens (primary N) is 1. The van der Waals surface area contributed by atoms with E-state index in [1.807, 2.05) is 19.9 Å². The topological polar surface area (TPSA) is 67.6 Å². The summed E-state index contributed by atoms with van der Waals surface area (Å²) in [5, 5.41) is 0.981. The first-order valence-electron chi connectivity index (χ1n) is 3.92. The summed E-state index contributed by atoms with van der Waals surface area (Å²) in [5.41, 5.74) is 6.13. The Labute approximate surface area is 70.8 Å². The summed E-state index contributed by atoms with van der Waals surface area (Å²) in [6, 6.07) is 1.90. The zero-order chi connectivity index (χ0) is 8.97. The Morgan fingerprint density at radius 1 is 1.42 bits per heavy atom. The molecule has 2 aromatic heterocycles. The van der Waals surface area contributed by atoms with Crippen LogP contribution >= 0.6 is 0 Å². The van der Waals surface area contributed by atoms with Crippen LogP contribution in [0.4, 0.5) is 5.95 Å². The number of rotatable bonds is 0. The van der Waals surface area contributed by atoms with Gasteiger partial charge in [-0.15, -0.1) is 0 Å². The minimum atomic E-state index is 0.301. The number of anilines is 1. The van der Waals surface area contributed by atoms with Crippen molar-refractivity contribution in [3.8, 4) is 0 Å². The maximum atomic E-state index is 5.34. The maximum Gasteiger partial charge on any atom is 0.221 e. The van der Waals surface area contributed by atoms with Gasteiger partial charge in [-0.1, -0.05) is 13.8 Å². The molecule has 4 nitrogen and oxygen atoms in total. The smallest absolute Gasteiger partial charge is 0.221 e. The number of aromatic nitrogens is 3. The van der Waals surface area contributed by atoms with E-state index in [4.69, 9.17) is 5.73 Å². The molecule has 0 aromatic carbocycles. The van der Waals surface area contributed by atoms with Crippen molar-refractivity contribution in [2.45, 2.75) is 13.8 Å². The molecule has 0 bridgehead atoms. The summed E-state index contributed by atoms with van der Waals surface area (Å²) in [6.07, 6.45) is 3.49. The molecule has 0 unspecified atom stereocenters. The van der Waals surface area contributed by atoms with Crippen LogP contribution in [-0.2, 0) is 0 Å². The summed E-state index contributed by atoms with van der Waals surface area (Å²) in [7, 11) is 0. The van der Waals surface area contributed by atoms with Crippen molar-refractivity contribution in [2.24, 2.45) is 0 Å². The lowest BCUT2D eigenvalue weighted by Crippen LogP contribution is -1.92. The highest BCUT2D eigenvalue weighted by molar-refractivity contribution is 5.74. The van der Waals surface area contributed by atoms with E-state index in [0.29, 0.717) is 5.95 Å². The van der Waals surface area contributed by atoms with E-state index in [-0.39, 0.29) is 0 Å². The van der Waals surface area contributed by atoms with Crippen molar-refractivity contribution in [3.05, 3.63) is 18.5 Å². The Morgan fingerprint density at radius 3 is 2.92 bits per heavy atom. The molecule has 12 heavy (non-hydrogen) atoms. The zero-order valence-corrected chi connectivity index (χ0v) is 7.20. The molecule has 0 fully saturated rings. The van der Waals surface area contributed by atoms with E-state index in [9.17, 15) is 0 Å². The van der Waals surface area contributed by atoms with Crippen LogP contribution in [0, 0.1) is 0 Å². The highest BCUT2D eigenvalue weighted by atomic mass is 15.0. The number of aromatic amines is 1. The molecule has 2 heterocycles.